The molecular formula is C78H158N28O14. The molecule has 0 rings (SSSR count). The smallest absolute Gasteiger partial charge is 0.303 e. The summed E-state index contributed by atoms with van der Waals surface area (Å²) in [6.45, 7) is 25.9. The number of amides is 11. The molecule has 0 aromatic rings. The van der Waals surface area contributed by atoms with E-state index in [-0.39, 0.29) is 249 Å². The average Bonchev–Trinajstić information content (AvgIpc) is 0.926. The number of nitrogens with two attached hydrogens (primary N) is 6. The third-order valence-electron chi connectivity index (χ3n) is 18.8. The first-order valence-corrected chi connectivity index (χ1v) is 42.7. The molecule has 0 saturated carbocycles. The van der Waals surface area contributed by atoms with E-state index in [2.05, 4.69) is 144 Å². The Morgan fingerprint density at radius 2 is 0.575 bits per heavy atom. The van der Waals surface area contributed by atoms with Crippen LogP contribution in [-0.4, -0.2) is 310 Å². The minimum atomic E-state index is -1.02. The van der Waals surface area contributed by atoms with E-state index in [0.717, 1.165) is 6.42 Å². The number of nitrogens with one attached hydrogen (secondary N) is 20. The number of carboxylic acids is 1. The summed E-state index contributed by atoms with van der Waals surface area (Å²) in [5.41, 5.74) is 33.2. The van der Waals surface area contributed by atoms with E-state index in [4.69, 9.17) is 39.5 Å². The zero-order valence-electron chi connectivity index (χ0n) is 73.8. The molecule has 0 radical (unpaired) electrons. The second-order valence-electron chi connectivity index (χ2n) is 32.8. The number of guanidine groups is 2. The Kier molecular flexibility index (Phi) is 63.5. The Morgan fingerprint density at radius 3 is 0.833 bits per heavy atom. The lowest BCUT2D eigenvalue weighted by atomic mass is 9.99. The molecule has 0 aliphatic heterocycles. The highest BCUT2D eigenvalue weighted by molar-refractivity contribution is 5.83. The number of hydrogen-bond acceptors (Lipinski definition) is 26. The molecule has 120 heavy (non-hydrogen) atoms. The SMILES string of the molecule is CCC(C)[C@@H](CNCC(=O)N[C@H](CNCC(=O)N[C@H](CNCC(N)=O)CC(C)C)CC(C)C)NC(=O)CNC[C@H](CCCN)NC(=O)CNC[C@H](CC(C)C)NC(=O)CNC[C@@H](NC(=O)CNC[C@H](CC(C)C)NC(=O)CNC[C@H](CCCN=C(N)N)NC(=O)CNC[C@H](CCCN=C(N)N)NC(=O)CNC[C@H](CCC(=O)O)NC(C)=O)C(C)O. The van der Waals surface area contributed by atoms with Crippen LogP contribution in [0, 0.1) is 29.6 Å². The molecule has 0 aliphatic carbocycles. The summed E-state index contributed by atoms with van der Waals surface area (Å²) in [4.78, 5) is 161. The fourth-order valence-electron chi connectivity index (χ4n) is 13.1. The third-order valence-corrected chi connectivity index (χ3v) is 18.8. The van der Waals surface area contributed by atoms with Crippen LogP contribution in [0.15, 0.2) is 9.98 Å². The van der Waals surface area contributed by atoms with Crippen LogP contribution < -0.4 is 141 Å². The number of nitrogens with zero attached hydrogens (tertiary/aromatic N) is 2. The minimum Gasteiger partial charge on any atom is -0.481 e. The van der Waals surface area contributed by atoms with Crippen LogP contribution in [0.5, 0.6) is 0 Å². The molecule has 0 saturated heterocycles. The highest BCUT2D eigenvalue weighted by Gasteiger charge is 2.26. The number of carbonyl (C=O) groups is 12. The van der Waals surface area contributed by atoms with Gasteiger partial charge in [0, 0.05) is 146 Å². The number of aliphatic imine (C=N–C) groups is 2. The Hall–Kier alpha value is -8.30. The van der Waals surface area contributed by atoms with Crippen molar-refractivity contribution in [2.45, 2.75) is 233 Å². The van der Waals surface area contributed by atoms with Gasteiger partial charge >= 0.3 is 5.97 Å². The normalized spacial score (nSPS) is 14.4. The molecule has 0 bridgehead atoms. The van der Waals surface area contributed by atoms with Gasteiger partial charge in [0.2, 0.25) is 65.0 Å². The summed E-state index contributed by atoms with van der Waals surface area (Å²) < 4.78 is 0. The first-order valence-electron chi connectivity index (χ1n) is 42.7. The van der Waals surface area contributed by atoms with Gasteiger partial charge in [-0.15, -0.1) is 0 Å². The highest BCUT2D eigenvalue weighted by Crippen LogP contribution is 2.11. The maximum absolute atomic E-state index is 13.4. The second kappa shape index (κ2) is 68.3. The van der Waals surface area contributed by atoms with E-state index in [1.807, 2.05) is 41.5 Å². The molecule has 11 amide bonds. The summed E-state index contributed by atoms with van der Waals surface area (Å²) in [6.07, 6.45) is 5.38. The summed E-state index contributed by atoms with van der Waals surface area (Å²) in [7, 11) is 0. The monoisotopic (exact) mass is 1710 g/mol. The van der Waals surface area contributed by atoms with Gasteiger partial charge in [-0.25, -0.2) is 0 Å². The molecule has 0 aromatic heterocycles. The van der Waals surface area contributed by atoms with Crippen molar-refractivity contribution in [1.29, 1.82) is 0 Å². The van der Waals surface area contributed by atoms with Crippen LogP contribution in [0.25, 0.3) is 0 Å². The first-order chi connectivity index (χ1) is 56.8. The van der Waals surface area contributed by atoms with Gasteiger partial charge in [0.25, 0.3) is 0 Å². The molecule has 42 nitrogen and oxygen atoms in total. The lowest BCUT2D eigenvalue weighted by Gasteiger charge is -2.26. The van der Waals surface area contributed by atoms with Crippen LogP contribution in [-0.2, 0) is 57.5 Å². The van der Waals surface area contributed by atoms with Gasteiger partial charge in [-0.05, 0) is 114 Å². The molecule has 12 atom stereocenters. The van der Waals surface area contributed by atoms with Crippen molar-refractivity contribution in [2.75, 3.05) is 151 Å². The maximum atomic E-state index is 13.4. The molecule has 34 N–H and O–H groups in total. The van der Waals surface area contributed by atoms with Gasteiger partial charge in [0.15, 0.2) is 11.9 Å². The molecule has 0 aromatic carbocycles. The Bertz CT molecular complexity index is 2990. The molecule has 0 aliphatic rings. The van der Waals surface area contributed by atoms with Gasteiger partial charge in [-0.1, -0.05) is 75.7 Å². The topological polar surface area (TPSA) is 667 Å². The Morgan fingerprint density at radius 1 is 0.325 bits per heavy atom. The maximum Gasteiger partial charge on any atom is 0.303 e. The standard InChI is InChI=1S/C78H158N28O14/c1-13-53(10)64(37-93-45-72(115)103-62(27-51(6)7)35-91-44-71(114)101-60(25-49(2)3)33-85-39-66(80)109)105-74(117)47-88-29-56(17-14-22-79)98-69(112)42-90-34-61(26-50(4)5)104-73(116)46-94-38-65(54(11)107)106-75(118)48-92-36-63(28-52(8)9)102-70(113)43-87-31-58(19-16-24-96-78(83)84)99-67(110)40-86-30-57(18-15-23-95-77(81)82)100-68(111)41-89-32-59(97-55(12)108)20-21-76(119)120/h49-54,56-65,85-94,107H,13-48,79H2,1-12H3,(H2,80,109)(H,97,108)(H,98,112)(H,99,110)(H,100,111)(H,101,114)(H,102,113)(H,103,115)(H,104,116)(H,105,117)(H,106,118)(H,119,120)(H4,81,82,95)(H4,83,84,96)/t53?,54?,56-,57-,58-,59-,60-,61-,62-,63-,64+,65+/m0/s1. The first kappa shape index (κ1) is 112. The summed E-state index contributed by atoms with van der Waals surface area (Å²) >= 11 is 0. The van der Waals surface area contributed by atoms with Crippen molar-refractivity contribution in [3.63, 3.8) is 0 Å². The molecule has 694 valence electrons. The van der Waals surface area contributed by atoms with Crippen LogP contribution >= 0.6 is 0 Å². The number of carboxylic acid groups (broad SMARTS) is 1. The van der Waals surface area contributed by atoms with Crippen LogP contribution in [0.4, 0.5) is 0 Å². The van der Waals surface area contributed by atoms with Gasteiger partial charge in [-0.3, -0.25) is 67.5 Å². The minimum absolute atomic E-state index is 0.00940. The van der Waals surface area contributed by atoms with Crippen molar-refractivity contribution in [2.24, 2.45) is 74.0 Å². The van der Waals surface area contributed by atoms with Crippen LogP contribution in [0.2, 0.25) is 0 Å². The number of rotatable bonds is 75. The zero-order chi connectivity index (χ0) is 90.3. The van der Waals surface area contributed by atoms with Crippen molar-refractivity contribution >= 4 is 82.9 Å². The van der Waals surface area contributed by atoms with Gasteiger partial charge in [0.1, 0.15) is 0 Å². The van der Waals surface area contributed by atoms with E-state index in [0.29, 0.717) is 109 Å². The van der Waals surface area contributed by atoms with E-state index >= 15 is 0 Å². The van der Waals surface area contributed by atoms with E-state index in [1.165, 1.54) is 13.8 Å². The summed E-state index contributed by atoms with van der Waals surface area (Å²) in [6, 6.07) is -4.00. The Balaban J connectivity index is 5.40. The average molecular weight is 1710 g/mol. The molecule has 0 heterocycles. The van der Waals surface area contributed by atoms with Crippen molar-refractivity contribution in [3.05, 3.63) is 0 Å². The fourth-order valence-corrected chi connectivity index (χ4v) is 13.1. The predicted molar refractivity (Wildman–Crippen MR) is 467 cm³/mol. The lowest BCUT2D eigenvalue weighted by molar-refractivity contribution is -0.137. The summed E-state index contributed by atoms with van der Waals surface area (Å²) in [5, 5.41) is 80.5. The van der Waals surface area contributed by atoms with Crippen molar-refractivity contribution in [3.8, 4) is 0 Å². The molecular weight excluding hydrogens is 1550 g/mol. The number of aliphatic carboxylic acids is 1. The number of carbonyl (C=O) groups excluding carboxylic acids is 11. The summed E-state index contributed by atoms with van der Waals surface area (Å²) in [5.74, 6) is -3.79. The zero-order valence-corrected chi connectivity index (χ0v) is 73.8. The number of hydrogen-bond donors (Lipinski definition) is 28. The largest absolute Gasteiger partial charge is 0.481 e. The Labute approximate surface area is 711 Å². The van der Waals surface area contributed by atoms with E-state index in [1.54, 1.807) is 0 Å². The second-order valence-corrected chi connectivity index (χ2v) is 32.8. The molecule has 0 fully saturated rings. The number of aliphatic hydroxyl groups excluding tert-OH is 1. The number of aliphatic hydroxyl groups is 1. The van der Waals surface area contributed by atoms with E-state index in [9.17, 15) is 62.6 Å². The van der Waals surface area contributed by atoms with Crippen LogP contribution in [0.1, 0.15) is 167 Å². The highest BCUT2D eigenvalue weighted by atomic mass is 16.4. The van der Waals surface area contributed by atoms with E-state index < -0.39 is 48.1 Å². The van der Waals surface area contributed by atoms with Crippen molar-refractivity contribution < 1.29 is 67.7 Å². The van der Waals surface area contributed by atoms with Gasteiger partial charge in [0.05, 0.1) is 77.6 Å². The lowest BCUT2D eigenvalue weighted by Crippen LogP contribution is -2.53. The van der Waals surface area contributed by atoms with Crippen LogP contribution in [0.3, 0.4) is 0 Å². The van der Waals surface area contributed by atoms with Gasteiger partial charge in [-0.2, -0.15) is 0 Å². The van der Waals surface area contributed by atoms with Gasteiger partial charge < -0.3 is 151 Å². The molecule has 2 unspecified atom stereocenters. The number of primary amides is 1. The molecule has 0 spiro atoms. The quantitative estimate of drug-likeness (QED) is 0.0153. The predicted octanol–water partition coefficient (Wildman–Crippen LogP) is -7.44. The molecule has 42 heteroatoms. The van der Waals surface area contributed by atoms with Crippen molar-refractivity contribution in [1.82, 2.24) is 106 Å². The third kappa shape index (κ3) is 65.5. The fraction of sp³-hybridized carbons (Fsp3) is 0.821.